The Labute approximate surface area is 222 Å². The van der Waals surface area contributed by atoms with Gasteiger partial charge in [0.05, 0.1) is 6.04 Å². The predicted molar refractivity (Wildman–Crippen MR) is 147 cm³/mol. The standard InChI is InChI=1S/C27H35N7O4/c1-34(2)13-4-3-8-23(28)27(37)29-16-19-6-5-7-21(14-19)33-25-15-24(30-18-31-25)32-20-9-11-22(12-10-20)38-17-26(35)36/h5-7,9-12,14-15,18,23H,3-4,8,13,16-17,28H2,1-2H3,(H,29,37)(H,35,36)(H2,30,31,32,33)/t23-/m0/s1. The third kappa shape index (κ3) is 10.0. The van der Waals surface area contributed by atoms with Crippen LogP contribution in [0, 0.1) is 0 Å². The summed E-state index contributed by atoms with van der Waals surface area (Å²) in [6.45, 7) is 0.964. The molecule has 0 bridgehead atoms. The molecule has 2 aromatic carbocycles. The number of nitrogens with two attached hydrogens (primary N) is 1. The highest BCUT2D eigenvalue weighted by atomic mass is 16.5. The fourth-order valence-corrected chi connectivity index (χ4v) is 3.57. The predicted octanol–water partition coefficient (Wildman–Crippen LogP) is 3.10. The molecule has 1 atom stereocenters. The number of aromatic nitrogens is 2. The second-order valence-electron chi connectivity index (χ2n) is 9.07. The SMILES string of the molecule is CN(C)CCCC[C@H](N)C(=O)NCc1cccc(Nc2cc(Nc3ccc(OCC(=O)O)cc3)ncn2)c1. The first-order valence-corrected chi connectivity index (χ1v) is 12.4. The summed E-state index contributed by atoms with van der Waals surface area (Å²) in [5, 5.41) is 18.1. The van der Waals surface area contributed by atoms with Crippen molar-refractivity contribution < 1.29 is 19.4 Å². The van der Waals surface area contributed by atoms with Gasteiger partial charge in [-0.05, 0) is 75.4 Å². The van der Waals surface area contributed by atoms with E-state index >= 15 is 0 Å². The van der Waals surface area contributed by atoms with Crippen molar-refractivity contribution >= 4 is 34.9 Å². The van der Waals surface area contributed by atoms with Crippen LogP contribution in [0.1, 0.15) is 24.8 Å². The Kier molecular flexibility index (Phi) is 10.8. The molecule has 0 aliphatic rings. The molecule has 202 valence electrons. The number of rotatable bonds is 15. The van der Waals surface area contributed by atoms with Crippen LogP contribution in [0.15, 0.2) is 60.9 Å². The van der Waals surface area contributed by atoms with Crippen molar-refractivity contribution in [3.8, 4) is 5.75 Å². The highest BCUT2D eigenvalue weighted by Gasteiger charge is 2.13. The van der Waals surface area contributed by atoms with Gasteiger partial charge in [0, 0.05) is 24.0 Å². The molecule has 38 heavy (non-hydrogen) atoms. The fraction of sp³-hybridized carbons (Fsp3) is 0.333. The number of anilines is 4. The second-order valence-corrected chi connectivity index (χ2v) is 9.07. The number of nitrogens with zero attached hydrogens (tertiary/aromatic N) is 3. The highest BCUT2D eigenvalue weighted by Crippen LogP contribution is 2.22. The van der Waals surface area contributed by atoms with Gasteiger partial charge in [0.15, 0.2) is 6.61 Å². The molecule has 11 nitrogen and oxygen atoms in total. The topological polar surface area (TPSA) is 155 Å². The van der Waals surface area contributed by atoms with Crippen molar-refractivity contribution in [2.24, 2.45) is 5.73 Å². The number of carbonyl (C=O) groups is 2. The highest BCUT2D eigenvalue weighted by molar-refractivity contribution is 5.81. The van der Waals surface area contributed by atoms with Crippen LogP contribution < -0.4 is 26.4 Å². The largest absolute Gasteiger partial charge is 0.482 e. The molecule has 0 fully saturated rings. The van der Waals surface area contributed by atoms with Crippen LogP contribution in [0.4, 0.5) is 23.0 Å². The lowest BCUT2D eigenvalue weighted by atomic mass is 10.1. The summed E-state index contributed by atoms with van der Waals surface area (Å²) in [7, 11) is 4.06. The Hall–Kier alpha value is -4.22. The summed E-state index contributed by atoms with van der Waals surface area (Å²) >= 11 is 0. The Morgan fingerprint density at radius 3 is 2.39 bits per heavy atom. The molecule has 0 unspecified atom stereocenters. The Bertz CT molecular complexity index is 1190. The van der Waals surface area contributed by atoms with Crippen molar-refractivity contribution in [1.29, 1.82) is 0 Å². The molecule has 1 aromatic heterocycles. The van der Waals surface area contributed by atoms with Crippen LogP contribution in [0.2, 0.25) is 0 Å². The number of benzene rings is 2. The van der Waals surface area contributed by atoms with Gasteiger partial charge >= 0.3 is 5.97 Å². The van der Waals surface area contributed by atoms with Crippen LogP contribution in [-0.4, -0.2) is 65.1 Å². The van der Waals surface area contributed by atoms with Crippen LogP contribution >= 0.6 is 0 Å². The number of hydrogen-bond acceptors (Lipinski definition) is 9. The zero-order valence-corrected chi connectivity index (χ0v) is 21.7. The van der Waals surface area contributed by atoms with E-state index in [2.05, 4.69) is 30.8 Å². The zero-order valence-electron chi connectivity index (χ0n) is 21.7. The maximum atomic E-state index is 12.4. The van der Waals surface area contributed by atoms with E-state index < -0.39 is 18.6 Å². The monoisotopic (exact) mass is 521 g/mol. The maximum absolute atomic E-state index is 12.4. The molecule has 3 rings (SSSR count). The Morgan fingerprint density at radius 1 is 1.00 bits per heavy atom. The average Bonchev–Trinajstić information content (AvgIpc) is 2.89. The second kappa shape index (κ2) is 14.5. The number of aliphatic carboxylic acids is 1. The normalized spacial score (nSPS) is 11.6. The fourth-order valence-electron chi connectivity index (χ4n) is 3.57. The van der Waals surface area contributed by atoms with E-state index in [1.807, 2.05) is 38.4 Å². The molecule has 1 heterocycles. The van der Waals surface area contributed by atoms with E-state index in [-0.39, 0.29) is 5.91 Å². The quantitative estimate of drug-likeness (QED) is 0.188. The van der Waals surface area contributed by atoms with E-state index in [1.54, 1.807) is 30.3 Å². The lowest BCUT2D eigenvalue weighted by molar-refractivity contribution is -0.139. The lowest BCUT2D eigenvalue weighted by Crippen LogP contribution is -2.40. The smallest absolute Gasteiger partial charge is 0.341 e. The zero-order chi connectivity index (χ0) is 27.3. The molecule has 3 aromatic rings. The number of ether oxygens (including phenoxy) is 1. The third-order valence-electron chi connectivity index (χ3n) is 5.53. The van der Waals surface area contributed by atoms with Crippen molar-refractivity contribution in [3.63, 3.8) is 0 Å². The van der Waals surface area contributed by atoms with Crippen LogP contribution in [-0.2, 0) is 16.1 Å². The summed E-state index contributed by atoms with van der Waals surface area (Å²) < 4.78 is 5.14. The van der Waals surface area contributed by atoms with Gasteiger partial charge in [-0.2, -0.15) is 0 Å². The number of amides is 1. The molecule has 0 saturated carbocycles. The molecule has 6 N–H and O–H groups in total. The van der Waals surface area contributed by atoms with Crippen molar-refractivity contribution in [1.82, 2.24) is 20.2 Å². The molecule has 0 aliphatic heterocycles. The number of nitrogens with one attached hydrogen (secondary N) is 3. The van der Waals surface area contributed by atoms with Crippen LogP contribution in [0.25, 0.3) is 0 Å². The van der Waals surface area contributed by atoms with Gasteiger partial charge in [-0.15, -0.1) is 0 Å². The van der Waals surface area contributed by atoms with Gasteiger partial charge in [-0.1, -0.05) is 18.6 Å². The third-order valence-corrected chi connectivity index (χ3v) is 5.53. The van der Waals surface area contributed by atoms with Gasteiger partial charge in [0.25, 0.3) is 0 Å². The molecule has 0 saturated heterocycles. The molecular formula is C27H35N7O4. The number of carbonyl (C=O) groups excluding carboxylic acids is 1. The van der Waals surface area contributed by atoms with Gasteiger partial charge in [0.1, 0.15) is 23.7 Å². The average molecular weight is 522 g/mol. The number of carboxylic acids is 1. The Balaban J connectivity index is 1.50. The van der Waals surface area contributed by atoms with Gasteiger partial charge in [0.2, 0.25) is 5.91 Å². The minimum atomic E-state index is -1.03. The summed E-state index contributed by atoms with van der Waals surface area (Å²) in [5.74, 6) is 0.436. The number of unbranched alkanes of at least 4 members (excludes halogenated alkanes) is 1. The summed E-state index contributed by atoms with van der Waals surface area (Å²) in [5.41, 5.74) is 8.55. The summed E-state index contributed by atoms with van der Waals surface area (Å²) in [4.78, 5) is 33.6. The molecule has 0 spiro atoms. The molecule has 1 amide bonds. The van der Waals surface area contributed by atoms with Crippen LogP contribution in [0.3, 0.4) is 0 Å². The van der Waals surface area contributed by atoms with Gasteiger partial charge in [-0.3, -0.25) is 4.79 Å². The van der Waals surface area contributed by atoms with E-state index in [0.717, 1.165) is 36.3 Å². The maximum Gasteiger partial charge on any atom is 0.341 e. The van der Waals surface area contributed by atoms with Crippen molar-refractivity contribution in [3.05, 3.63) is 66.5 Å². The Morgan fingerprint density at radius 2 is 1.71 bits per heavy atom. The number of hydrogen-bond donors (Lipinski definition) is 5. The van der Waals surface area contributed by atoms with Crippen molar-refractivity contribution in [2.45, 2.75) is 31.8 Å². The van der Waals surface area contributed by atoms with Gasteiger partial charge < -0.3 is 36.4 Å². The first-order chi connectivity index (χ1) is 18.3. The molecule has 0 radical (unpaired) electrons. The summed E-state index contributed by atoms with van der Waals surface area (Å²) in [6.07, 6.45) is 4.03. The van der Waals surface area contributed by atoms with E-state index in [4.69, 9.17) is 15.6 Å². The first-order valence-electron chi connectivity index (χ1n) is 12.4. The van der Waals surface area contributed by atoms with E-state index in [0.29, 0.717) is 30.4 Å². The lowest BCUT2D eigenvalue weighted by Gasteiger charge is -2.14. The molecule has 0 aliphatic carbocycles. The molecule has 11 heteroatoms. The first kappa shape index (κ1) is 28.4. The minimum Gasteiger partial charge on any atom is -0.482 e. The van der Waals surface area contributed by atoms with E-state index in [9.17, 15) is 9.59 Å². The van der Waals surface area contributed by atoms with Crippen LogP contribution in [0.5, 0.6) is 5.75 Å². The molecular weight excluding hydrogens is 486 g/mol. The number of carboxylic acid groups (broad SMARTS) is 1. The summed E-state index contributed by atoms with van der Waals surface area (Å²) in [6, 6.07) is 15.8. The van der Waals surface area contributed by atoms with Crippen molar-refractivity contribution in [2.75, 3.05) is 37.9 Å². The minimum absolute atomic E-state index is 0.152. The van der Waals surface area contributed by atoms with E-state index in [1.165, 1.54) is 6.33 Å². The van der Waals surface area contributed by atoms with Gasteiger partial charge in [-0.25, -0.2) is 14.8 Å².